The van der Waals surface area contributed by atoms with Crippen LogP contribution in [0.15, 0.2) is 38.8 Å². The van der Waals surface area contributed by atoms with Gasteiger partial charge in [0.2, 0.25) is 0 Å². The summed E-state index contributed by atoms with van der Waals surface area (Å²) in [4.78, 5) is 6.62. The maximum atomic E-state index is 12.5. The molecule has 2 rings (SSSR count). The molecular formula is C18H29IN4O2S3. The second-order valence-electron chi connectivity index (χ2n) is 5.82. The third kappa shape index (κ3) is 7.29. The highest BCUT2D eigenvalue weighted by Gasteiger charge is 2.23. The molecule has 0 saturated heterocycles. The Morgan fingerprint density at radius 3 is 2.25 bits per heavy atom. The molecule has 0 aromatic carbocycles. The van der Waals surface area contributed by atoms with E-state index in [1.165, 1.54) is 20.5 Å². The Labute approximate surface area is 193 Å². The van der Waals surface area contributed by atoms with Crippen LogP contribution in [0, 0.1) is 0 Å². The van der Waals surface area contributed by atoms with Gasteiger partial charge >= 0.3 is 0 Å². The van der Waals surface area contributed by atoms with Gasteiger partial charge in [-0.25, -0.2) is 8.42 Å². The maximum absolute atomic E-state index is 12.5. The van der Waals surface area contributed by atoms with Gasteiger partial charge in [-0.2, -0.15) is 4.31 Å². The number of thiophene rings is 2. The first kappa shape index (κ1) is 25.3. The van der Waals surface area contributed by atoms with Gasteiger partial charge in [-0.1, -0.05) is 19.9 Å². The standard InChI is InChI=1S/C18H28N4O2S3.HI/c1-4-22(5-2)27(23,24)17-9-8-16(26-17)11-13-21-18(19-3)20-12-10-15-7-6-14-25-15;/h6-9,14H,4-5,10-13H2,1-3H3,(H2,19,20,21);1H. The Balaban J connectivity index is 0.00000392. The normalized spacial score (nSPS) is 12.1. The van der Waals surface area contributed by atoms with E-state index in [1.807, 2.05) is 19.9 Å². The first-order valence-corrected chi connectivity index (χ1v) is 12.2. The molecular weight excluding hydrogens is 527 g/mol. The molecule has 0 amide bonds. The highest BCUT2D eigenvalue weighted by molar-refractivity contribution is 14.0. The van der Waals surface area contributed by atoms with Crippen molar-refractivity contribution in [2.75, 3.05) is 33.2 Å². The lowest BCUT2D eigenvalue weighted by molar-refractivity contribution is 0.447. The zero-order chi connectivity index (χ0) is 19.7. The summed E-state index contributed by atoms with van der Waals surface area (Å²) in [5.41, 5.74) is 0. The summed E-state index contributed by atoms with van der Waals surface area (Å²) < 4.78 is 27.0. The first-order chi connectivity index (χ1) is 13.0. The van der Waals surface area contributed by atoms with Gasteiger partial charge in [0.15, 0.2) is 5.96 Å². The van der Waals surface area contributed by atoms with Crippen LogP contribution in [0.3, 0.4) is 0 Å². The first-order valence-electron chi connectivity index (χ1n) is 9.07. The predicted octanol–water partition coefficient (Wildman–Crippen LogP) is 3.41. The molecule has 2 heterocycles. The second kappa shape index (κ2) is 12.8. The molecule has 0 unspecified atom stereocenters. The van der Waals surface area contributed by atoms with E-state index in [4.69, 9.17) is 0 Å². The number of sulfonamides is 1. The van der Waals surface area contributed by atoms with Crippen molar-refractivity contribution >= 4 is 62.6 Å². The highest BCUT2D eigenvalue weighted by Crippen LogP contribution is 2.25. The molecule has 0 spiro atoms. The molecule has 0 saturated carbocycles. The molecule has 0 aliphatic carbocycles. The Kier molecular flexibility index (Phi) is 11.6. The van der Waals surface area contributed by atoms with E-state index in [0.717, 1.165) is 30.2 Å². The van der Waals surface area contributed by atoms with Crippen LogP contribution < -0.4 is 10.6 Å². The van der Waals surface area contributed by atoms with Crippen molar-refractivity contribution in [3.8, 4) is 0 Å². The number of hydrogen-bond donors (Lipinski definition) is 2. The predicted molar refractivity (Wildman–Crippen MR) is 131 cm³/mol. The number of aliphatic imine (C=N–C) groups is 1. The average Bonchev–Trinajstić information content (AvgIpc) is 3.33. The summed E-state index contributed by atoms with van der Waals surface area (Å²) in [6.07, 6.45) is 1.72. The van der Waals surface area contributed by atoms with Gasteiger partial charge in [0.25, 0.3) is 10.0 Å². The maximum Gasteiger partial charge on any atom is 0.252 e. The van der Waals surface area contributed by atoms with Crippen LogP contribution in [0.2, 0.25) is 0 Å². The third-order valence-electron chi connectivity index (χ3n) is 4.07. The minimum atomic E-state index is -3.36. The van der Waals surface area contributed by atoms with Crippen molar-refractivity contribution in [1.29, 1.82) is 0 Å². The van der Waals surface area contributed by atoms with Crippen molar-refractivity contribution in [3.63, 3.8) is 0 Å². The SMILES string of the molecule is CCN(CC)S(=O)(=O)c1ccc(CCNC(=NC)NCCc2cccs2)s1.I. The van der Waals surface area contributed by atoms with Crippen molar-refractivity contribution in [3.05, 3.63) is 39.4 Å². The van der Waals surface area contributed by atoms with E-state index in [1.54, 1.807) is 24.5 Å². The molecule has 0 radical (unpaired) electrons. The van der Waals surface area contributed by atoms with Gasteiger partial charge in [0.05, 0.1) is 0 Å². The number of guanidine groups is 1. The van der Waals surface area contributed by atoms with Gasteiger partial charge in [0, 0.05) is 43.0 Å². The number of rotatable bonds is 10. The van der Waals surface area contributed by atoms with Crippen LogP contribution in [0.5, 0.6) is 0 Å². The summed E-state index contributed by atoms with van der Waals surface area (Å²) in [5.74, 6) is 0.763. The lowest BCUT2D eigenvalue weighted by atomic mass is 10.3. The molecule has 158 valence electrons. The Morgan fingerprint density at radius 1 is 1.07 bits per heavy atom. The van der Waals surface area contributed by atoms with Crippen molar-refractivity contribution < 1.29 is 8.42 Å². The number of nitrogens with one attached hydrogen (secondary N) is 2. The van der Waals surface area contributed by atoms with Gasteiger partial charge in [-0.05, 0) is 36.4 Å². The number of halogens is 1. The van der Waals surface area contributed by atoms with E-state index < -0.39 is 10.0 Å². The van der Waals surface area contributed by atoms with E-state index in [-0.39, 0.29) is 24.0 Å². The van der Waals surface area contributed by atoms with Crippen LogP contribution in [-0.2, 0) is 22.9 Å². The lowest BCUT2D eigenvalue weighted by Gasteiger charge is -2.16. The summed E-state index contributed by atoms with van der Waals surface area (Å²) in [6, 6.07) is 7.80. The van der Waals surface area contributed by atoms with E-state index in [2.05, 4.69) is 33.1 Å². The molecule has 0 bridgehead atoms. The fourth-order valence-corrected chi connectivity index (χ4v) is 6.28. The van der Waals surface area contributed by atoms with Gasteiger partial charge in [0.1, 0.15) is 4.21 Å². The molecule has 2 N–H and O–H groups in total. The van der Waals surface area contributed by atoms with Crippen LogP contribution in [0.25, 0.3) is 0 Å². The molecule has 0 fully saturated rings. The van der Waals surface area contributed by atoms with Gasteiger partial charge in [-0.15, -0.1) is 46.7 Å². The molecule has 6 nitrogen and oxygen atoms in total. The number of hydrogen-bond acceptors (Lipinski definition) is 5. The van der Waals surface area contributed by atoms with Crippen LogP contribution in [-0.4, -0.2) is 51.9 Å². The average molecular weight is 557 g/mol. The van der Waals surface area contributed by atoms with Crippen LogP contribution >= 0.6 is 46.7 Å². The van der Waals surface area contributed by atoms with Gasteiger partial charge in [-0.3, -0.25) is 4.99 Å². The minimum Gasteiger partial charge on any atom is -0.356 e. The Morgan fingerprint density at radius 2 is 1.71 bits per heavy atom. The van der Waals surface area contributed by atoms with Crippen molar-refractivity contribution in [2.24, 2.45) is 4.99 Å². The smallest absolute Gasteiger partial charge is 0.252 e. The van der Waals surface area contributed by atoms with E-state index in [0.29, 0.717) is 23.8 Å². The Bertz CT molecular complexity index is 816. The highest BCUT2D eigenvalue weighted by atomic mass is 127. The zero-order valence-electron chi connectivity index (χ0n) is 16.5. The van der Waals surface area contributed by atoms with Crippen LogP contribution in [0.4, 0.5) is 0 Å². The topological polar surface area (TPSA) is 73.8 Å². The minimum absolute atomic E-state index is 0. The van der Waals surface area contributed by atoms with E-state index >= 15 is 0 Å². The zero-order valence-corrected chi connectivity index (χ0v) is 21.3. The number of nitrogens with zero attached hydrogens (tertiary/aromatic N) is 2. The molecule has 0 aliphatic heterocycles. The quantitative estimate of drug-likeness (QED) is 0.267. The molecule has 0 atom stereocenters. The van der Waals surface area contributed by atoms with Gasteiger partial charge < -0.3 is 10.6 Å². The Hall–Kier alpha value is -0.690. The summed E-state index contributed by atoms with van der Waals surface area (Å²) in [7, 11) is -1.61. The van der Waals surface area contributed by atoms with E-state index in [9.17, 15) is 8.42 Å². The van der Waals surface area contributed by atoms with Crippen LogP contribution in [0.1, 0.15) is 23.6 Å². The fourth-order valence-electron chi connectivity index (χ4n) is 2.61. The summed E-state index contributed by atoms with van der Waals surface area (Å²) in [6.45, 7) is 6.21. The fraction of sp³-hybridized carbons (Fsp3) is 0.500. The molecule has 28 heavy (non-hydrogen) atoms. The molecule has 0 aliphatic rings. The molecule has 10 heteroatoms. The second-order valence-corrected chi connectivity index (χ2v) is 10.2. The third-order valence-corrected chi connectivity index (χ3v) is 8.67. The largest absolute Gasteiger partial charge is 0.356 e. The summed E-state index contributed by atoms with van der Waals surface area (Å²) in [5, 5.41) is 8.66. The van der Waals surface area contributed by atoms with Crippen molar-refractivity contribution in [1.82, 2.24) is 14.9 Å². The van der Waals surface area contributed by atoms with Crippen molar-refractivity contribution in [2.45, 2.75) is 30.9 Å². The summed E-state index contributed by atoms with van der Waals surface area (Å²) >= 11 is 3.10. The molecule has 2 aromatic rings. The molecule has 2 aromatic heterocycles. The monoisotopic (exact) mass is 556 g/mol. The lowest BCUT2D eigenvalue weighted by Crippen LogP contribution is -2.39.